The third-order valence-electron chi connectivity index (χ3n) is 4.65. The third kappa shape index (κ3) is 3.12. The number of hydrogen-bond acceptors (Lipinski definition) is 2. The van der Waals surface area contributed by atoms with Gasteiger partial charge in [0.2, 0.25) is 0 Å². The molecule has 1 unspecified atom stereocenters. The molecule has 0 aliphatic heterocycles. The van der Waals surface area contributed by atoms with Crippen LogP contribution in [0.15, 0.2) is 65.1 Å². The van der Waals surface area contributed by atoms with Crippen molar-refractivity contribution in [3.05, 3.63) is 83.1 Å². The lowest BCUT2D eigenvalue weighted by molar-refractivity contribution is 0.0691. The van der Waals surface area contributed by atoms with Gasteiger partial charge in [-0.3, -0.25) is 0 Å². The van der Waals surface area contributed by atoms with Gasteiger partial charge in [-0.15, -0.1) is 0 Å². The van der Waals surface area contributed by atoms with Crippen LogP contribution in [0.1, 0.15) is 41.4 Å². The van der Waals surface area contributed by atoms with E-state index in [0.29, 0.717) is 0 Å². The number of rotatable bonds is 2. The highest BCUT2D eigenvalue weighted by atomic mass is 16.5. The summed E-state index contributed by atoms with van der Waals surface area (Å²) < 4.78 is 11.9. The number of furan rings is 1. The van der Waals surface area contributed by atoms with Gasteiger partial charge in [0.05, 0.1) is 5.56 Å². The lowest BCUT2D eigenvalue weighted by atomic mass is 9.92. The van der Waals surface area contributed by atoms with E-state index >= 15 is 0 Å². The number of fused-ring (bicyclic) bond motifs is 1. The van der Waals surface area contributed by atoms with Crippen LogP contribution >= 0.6 is 0 Å². The van der Waals surface area contributed by atoms with Crippen molar-refractivity contribution < 1.29 is 9.15 Å². The molecule has 0 amide bonds. The van der Waals surface area contributed by atoms with E-state index in [1.54, 1.807) is 7.11 Å². The maximum atomic E-state index is 6.29. The van der Waals surface area contributed by atoms with Gasteiger partial charge in [-0.05, 0) is 31.4 Å². The largest absolute Gasteiger partial charge is 0.457 e. The first-order valence-electron chi connectivity index (χ1n) is 8.67. The van der Waals surface area contributed by atoms with Crippen molar-refractivity contribution in [1.29, 1.82) is 0 Å². The summed E-state index contributed by atoms with van der Waals surface area (Å²) in [4.78, 5) is 0. The van der Waals surface area contributed by atoms with Gasteiger partial charge in [0, 0.05) is 23.8 Å². The van der Waals surface area contributed by atoms with Crippen LogP contribution in [0.5, 0.6) is 0 Å². The first-order chi connectivity index (χ1) is 12.4. The Balaban J connectivity index is 1.86. The van der Waals surface area contributed by atoms with Crippen LogP contribution in [0.2, 0.25) is 0 Å². The van der Waals surface area contributed by atoms with E-state index in [9.17, 15) is 0 Å². The molecule has 25 heavy (non-hydrogen) atoms. The monoisotopic (exact) mass is 328 g/mol. The van der Waals surface area contributed by atoms with E-state index in [4.69, 9.17) is 9.15 Å². The van der Waals surface area contributed by atoms with Gasteiger partial charge in [-0.25, -0.2) is 0 Å². The summed E-state index contributed by atoms with van der Waals surface area (Å²) in [6.45, 7) is 0. The summed E-state index contributed by atoms with van der Waals surface area (Å²) in [5, 5.41) is 0. The molecule has 2 nitrogen and oxygen atoms in total. The Hall–Kier alpha value is -2.76. The molecule has 3 aromatic rings. The minimum Gasteiger partial charge on any atom is -0.457 e. The topological polar surface area (TPSA) is 22.4 Å². The molecule has 0 bridgehead atoms. The predicted molar refractivity (Wildman–Crippen MR) is 99.3 cm³/mol. The second kappa shape index (κ2) is 7.01. The minimum absolute atomic E-state index is 0.0264. The highest BCUT2D eigenvalue weighted by Crippen LogP contribution is 2.40. The maximum Gasteiger partial charge on any atom is 0.150 e. The Morgan fingerprint density at radius 2 is 1.68 bits per heavy atom. The van der Waals surface area contributed by atoms with E-state index in [1.165, 1.54) is 5.56 Å². The summed E-state index contributed by atoms with van der Waals surface area (Å²) >= 11 is 0. The summed E-state index contributed by atoms with van der Waals surface area (Å²) in [5.74, 6) is 8.48. The van der Waals surface area contributed by atoms with Gasteiger partial charge in [0.1, 0.15) is 17.6 Å². The number of methoxy groups -OCH3 is 1. The Labute approximate surface area is 148 Å². The van der Waals surface area contributed by atoms with E-state index in [1.807, 2.05) is 48.5 Å². The Kier molecular flexibility index (Phi) is 4.41. The van der Waals surface area contributed by atoms with Gasteiger partial charge in [-0.2, -0.15) is 0 Å². The second-order valence-corrected chi connectivity index (χ2v) is 6.25. The molecule has 1 heterocycles. The quantitative estimate of drug-likeness (QED) is 0.590. The van der Waals surface area contributed by atoms with Gasteiger partial charge in [0.15, 0.2) is 0 Å². The fourth-order valence-electron chi connectivity index (χ4n) is 3.39. The van der Waals surface area contributed by atoms with E-state index in [-0.39, 0.29) is 6.10 Å². The van der Waals surface area contributed by atoms with Gasteiger partial charge < -0.3 is 9.15 Å². The van der Waals surface area contributed by atoms with Crippen molar-refractivity contribution in [2.45, 2.75) is 25.4 Å². The SMILES string of the molecule is COC1CCCc2c1oc(-c1ccccc1)c2C#Cc1ccccc1. The smallest absolute Gasteiger partial charge is 0.150 e. The molecule has 124 valence electrons. The van der Waals surface area contributed by atoms with Crippen LogP contribution in [0.3, 0.4) is 0 Å². The van der Waals surface area contributed by atoms with Crippen LogP contribution in [0.25, 0.3) is 11.3 Å². The van der Waals surface area contributed by atoms with Crippen molar-refractivity contribution in [3.63, 3.8) is 0 Å². The van der Waals surface area contributed by atoms with Crippen LogP contribution < -0.4 is 0 Å². The first kappa shape index (κ1) is 15.7. The highest BCUT2D eigenvalue weighted by Gasteiger charge is 2.29. The molecule has 0 radical (unpaired) electrons. The molecule has 1 aliphatic rings. The zero-order chi connectivity index (χ0) is 17.1. The molecule has 2 aromatic carbocycles. The minimum atomic E-state index is 0.0264. The first-order valence-corrected chi connectivity index (χ1v) is 8.67. The molecule has 4 rings (SSSR count). The van der Waals surface area contributed by atoms with Gasteiger partial charge in [0.25, 0.3) is 0 Å². The van der Waals surface area contributed by atoms with E-state index < -0.39 is 0 Å². The van der Waals surface area contributed by atoms with Crippen molar-refractivity contribution in [2.75, 3.05) is 7.11 Å². The molecular formula is C23H20O2. The molecule has 2 heteroatoms. The molecule has 1 atom stereocenters. The standard InChI is InChI=1S/C23H20O2/c1-24-21-14-8-13-19-20(16-15-17-9-4-2-5-10-17)22(25-23(19)21)18-11-6-3-7-12-18/h2-7,9-12,21H,8,13-14H2,1H3. The molecule has 0 N–H and O–H groups in total. The number of benzene rings is 2. The normalized spacial score (nSPS) is 16.0. The predicted octanol–water partition coefficient (Wildman–Crippen LogP) is 5.37. The van der Waals surface area contributed by atoms with Crippen LogP contribution in [-0.4, -0.2) is 7.11 Å². The highest BCUT2D eigenvalue weighted by molar-refractivity contribution is 5.70. The lowest BCUT2D eigenvalue weighted by Crippen LogP contribution is -2.09. The average Bonchev–Trinajstić information content (AvgIpc) is 3.06. The zero-order valence-corrected chi connectivity index (χ0v) is 14.3. The van der Waals surface area contributed by atoms with E-state index in [0.717, 1.165) is 47.5 Å². The molecular weight excluding hydrogens is 308 g/mol. The summed E-state index contributed by atoms with van der Waals surface area (Å²) in [7, 11) is 1.75. The third-order valence-corrected chi connectivity index (χ3v) is 4.65. The Morgan fingerprint density at radius 1 is 0.960 bits per heavy atom. The molecule has 1 aliphatic carbocycles. The summed E-state index contributed by atoms with van der Waals surface area (Å²) in [6.07, 6.45) is 3.11. The van der Waals surface area contributed by atoms with Gasteiger partial charge in [-0.1, -0.05) is 60.4 Å². The number of ether oxygens (including phenoxy) is 1. The van der Waals surface area contributed by atoms with Crippen molar-refractivity contribution in [1.82, 2.24) is 0 Å². The van der Waals surface area contributed by atoms with Crippen LogP contribution in [0.4, 0.5) is 0 Å². The Morgan fingerprint density at radius 3 is 2.40 bits per heavy atom. The number of hydrogen-bond donors (Lipinski definition) is 0. The molecule has 0 spiro atoms. The summed E-state index contributed by atoms with van der Waals surface area (Å²) in [5.41, 5.74) is 4.28. The average molecular weight is 328 g/mol. The molecule has 0 saturated carbocycles. The Bertz CT molecular complexity index is 911. The van der Waals surface area contributed by atoms with Crippen molar-refractivity contribution >= 4 is 0 Å². The molecule has 1 aromatic heterocycles. The fourth-order valence-corrected chi connectivity index (χ4v) is 3.39. The second-order valence-electron chi connectivity index (χ2n) is 6.25. The van der Waals surface area contributed by atoms with Crippen molar-refractivity contribution in [2.24, 2.45) is 0 Å². The molecule has 0 saturated heterocycles. The van der Waals surface area contributed by atoms with Gasteiger partial charge >= 0.3 is 0 Å². The zero-order valence-electron chi connectivity index (χ0n) is 14.3. The van der Waals surface area contributed by atoms with E-state index in [2.05, 4.69) is 24.0 Å². The van der Waals surface area contributed by atoms with Crippen molar-refractivity contribution in [3.8, 4) is 23.2 Å². The maximum absolute atomic E-state index is 6.29. The van der Waals surface area contributed by atoms with Crippen LogP contribution in [-0.2, 0) is 11.2 Å². The van der Waals surface area contributed by atoms with Crippen LogP contribution in [0, 0.1) is 11.8 Å². The molecule has 0 fully saturated rings. The lowest BCUT2D eigenvalue weighted by Gasteiger charge is -2.19. The summed E-state index contributed by atoms with van der Waals surface area (Å²) in [6, 6.07) is 20.3. The fraction of sp³-hybridized carbons (Fsp3) is 0.217.